The Balaban J connectivity index is 1.28. The predicted molar refractivity (Wildman–Crippen MR) is 183 cm³/mol. The number of allylic oxidation sites excluding steroid dienone is 1. The number of Topliss-reactive ketones (excluding diaryl/α,β-unsaturated/α-hetero) is 1. The van der Waals surface area contributed by atoms with E-state index in [1.54, 1.807) is 13.8 Å². The number of fused-ring (bicyclic) bond motifs is 7. The number of ketones is 1. The molecule has 8 nitrogen and oxygen atoms in total. The highest BCUT2D eigenvalue weighted by atomic mass is 16.6. The van der Waals surface area contributed by atoms with Gasteiger partial charge in [-0.1, -0.05) is 48.5 Å². The molecule has 0 aliphatic heterocycles. The van der Waals surface area contributed by atoms with Crippen molar-refractivity contribution in [2.45, 2.75) is 164 Å². The lowest BCUT2D eigenvalue weighted by molar-refractivity contribution is -0.232. The fourth-order valence-corrected chi connectivity index (χ4v) is 12.4. The molecule has 0 spiro atoms. The zero-order valence-corrected chi connectivity index (χ0v) is 31.1. The Kier molecular flexibility index (Phi) is 8.55. The number of aliphatic carboxylic acids is 1. The van der Waals surface area contributed by atoms with Crippen LogP contribution in [0.4, 0.5) is 4.79 Å². The minimum Gasteiger partial charge on any atom is -0.481 e. The second kappa shape index (κ2) is 11.6. The number of esters is 1. The SMILES string of the molecule is CC(C)C1=C2[C@H]3CC[C@@H]4[C@@]5(C)CC[C@H](OC(=O)CC(C)(C)C(=O)O)C(C)(C)[C@@H]5CC[C@@]4(C)[C@]3(C)CC[C@@]2(NC(=O)OC2CCC2)CC1=O. The van der Waals surface area contributed by atoms with E-state index in [0.29, 0.717) is 18.3 Å². The Morgan fingerprint density at radius 2 is 1.56 bits per heavy atom. The molecule has 0 heterocycles. The number of hydrogen-bond acceptors (Lipinski definition) is 6. The first-order valence-corrected chi connectivity index (χ1v) is 18.9. The van der Waals surface area contributed by atoms with Crippen LogP contribution in [0.3, 0.4) is 0 Å². The third-order valence-corrected chi connectivity index (χ3v) is 15.5. The fraction of sp³-hybridized carbons (Fsp3) is 0.850. The van der Waals surface area contributed by atoms with E-state index in [1.807, 2.05) is 0 Å². The maximum atomic E-state index is 13.8. The van der Waals surface area contributed by atoms with Crippen molar-refractivity contribution < 1.29 is 33.8 Å². The predicted octanol–water partition coefficient (Wildman–Crippen LogP) is 8.41. The number of ether oxygens (including phenoxy) is 2. The summed E-state index contributed by atoms with van der Waals surface area (Å²) in [5.41, 5.74) is 0.199. The molecule has 48 heavy (non-hydrogen) atoms. The van der Waals surface area contributed by atoms with Crippen LogP contribution in [0.1, 0.15) is 146 Å². The molecule has 5 saturated carbocycles. The van der Waals surface area contributed by atoms with Crippen LogP contribution in [0.25, 0.3) is 0 Å². The van der Waals surface area contributed by atoms with Crippen LogP contribution in [0, 0.1) is 50.7 Å². The van der Waals surface area contributed by atoms with Crippen LogP contribution in [-0.2, 0) is 23.9 Å². The summed E-state index contributed by atoms with van der Waals surface area (Å²) in [5, 5.41) is 12.9. The van der Waals surface area contributed by atoms with Crippen molar-refractivity contribution >= 4 is 23.8 Å². The topological polar surface area (TPSA) is 119 Å². The minimum atomic E-state index is -1.16. The molecule has 8 atom stereocenters. The van der Waals surface area contributed by atoms with E-state index in [9.17, 15) is 24.3 Å². The first-order chi connectivity index (χ1) is 22.2. The zero-order chi connectivity index (χ0) is 35.2. The minimum absolute atomic E-state index is 0.00548. The number of hydrogen-bond donors (Lipinski definition) is 2. The summed E-state index contributed by atoms with van der Waals surface area (Å²) < 4.78 is 11.9. The van der Waals surface area contributed by atoms with Gasteiger partial charge in [0.2, 0.25) is 0 Å². The average molecular weight is 668 g/mol. The molecular formula is C40H61NO7. The van der Waals surface area contributed by atoms with Crippen LogP contribution in [0.2, 0.25) is 0 Å². The molecule has 0 unspecified atom stereocenters. The molecule has 268 valence electrons. The van der Waals surface area contributed by atoms with E-state index in [2.05, 4.69) is 53.8 Å². The Morgan fingerprint density at radius 3 is 2.17 bits per heavy atom. The Morgan fingerprint density at radius 1 is 0.875 bits per heavy atom. The molecule has 6 rings (SSSR count). The number of carboxylic acid groups (broad SMARTS) is 1. The highest BCUT2D eigenvalue weighted by molar-refractivity contribution is 6.02. The number of rotatable bonds is 7. The first kappa shape index (κ1) is 35.4. The van der Waals surface area contributed by atoms with Gasteiger partial charge >= 0.3 is 18.0 Å². The number of amides is 1. The molecule has 6 aliphatic carbocycles. The molecule has 5 fully saturated rings. The van der Waals surface area contributed by atoms with Gasteiger partial charge in [-0.15, -0.1) is 0 Å². The number of nitrogens with one attached hydrogen (secondary N) is 1. The van der Waals surface area contributed by atoms with E-state index in [1.165, 1.54) is 5.57 Å². The Bertz CT molecular complexity index is 1410. The van der Waals surface area contributed by atoms with Crippen molar-refractivity contribution in [2.24, 2.45) is 50.7 Å². The maximum Gasteiger partial charge on any atom is 0.408 e. The normalized spacial score (nSPS) is 40.6. The van der Waals surface area contributed by atoms with Gasteiger partial charge in [-0.25, -0.2) is 4.79 Å². The van der Waals surface area contributed by atoms with Crippen LogP contribution < -0.4 is 5.32 Å². The summed E-state index contributed by atoms with van der Waals surface area (Å²) in [4.78, 5) is 51.8. The molecular weight excluding hydrogens is 606 g/mol. The van der Waals surface area contributed by atoms with Crippen LogP contribution in [0.15, 0.2) is 11.1 Å². The van der Waals surface area contributed by atoms with Gasteiger partial charge in [-0.3, -0.25) is 14.4 Å². The molecule has 0 saturated heterocycles. The second-order valence-electron chi connectivity index (χ2n) is 19.1. The largest absolute Gasteiger partial charge is 0.481 e. The lowest BCUT2D eigenvalue weighted by atomic mass is 9.33. The van der Waals surface area contributed by atoms with Gasteiger partial charge in [-0.05, 0) is 136 Å². The molecule has 0 bridgehead atoms. The second-order valence-corrected chi connectivity index (χ2v) is 19.1. The third-order valence-electron chi connectivity index (χ3n) is 15.5. The first-order valence-electron chi connectivity index (χ1n) is 18.9. The standard InChI is InChI=1S/C40H61NO7/c1-23(2)31-26(42)21-40(41-34(46)47-24-11-10-12-24)20-19-38(8)25(32(31)40)13-14-28-37(7)17-16-29(48-30(43)22-35(3,4)33(44)45)36(5,6)27(37)15-18-39(28,38)9/h23-25,27-29H,10-22H2,1-9H3,(H,41,46)(H,44,45)/t25-,27+,28-,29+,37+,38-,39-,40-/m1/s1. The van der Waals surface area contributed by atoms with Crippen molar-refractivity contribution in [3.8, 4) is 0 Å². The van der Waals surface area contributed by atoms with E-state index < -0.39 is 22.9 Å². The van der Waals surface area contributed by atoms with E-state index in [0.717, 1.165) is 76.2 Å². The molecule has 0 aromatic heterocycles. The zero-order valence-electron chi connectivity index (χ0n) is 31.1. The molecule has 0 aromatic rings. The fourth-order valence-electron chi connectivity index (χ4n) is 12.4. The summed E-state index contributed by atoms with van der Waals surface area (Å²) in [7, 11) is 0. The number of carboxylic acids is 1. The average Bonchev–Trinajstić information content (AvgIpc) is 3.24. The third kappa shape index (κ3) is 5.18. The molecule has 6 aliphatic rings. The smallest absolute Gasteiger partial charge is 0.408 e. The van der Waals surface area contributed by atoms with Crippen molar-refractivity contribution in [2.75, 3.05) is 0 Å². The van der Waals surface area contributed by atoms with Gasteiger partial charge in [0.1, 0.15) is 12.2 Å². The van der Waals surface area contributed by atoms with Crippen molar-refractivity contribution in [3.63, 3.8) is 0 Å². The van der Waals surface area contributed by atoms with Crippen molar-refractivity contribution in [1.29, 1.82) is 0 Å². The molecule has 1 amide bonds. The quantitative estimate of drug-likeness (QED) is 0.262. The number of alkyl carbamates (subject to hydrolysis) is 1. The highest BCUT2D eigenvalue weighted by Crippen LogP contribution is 2.76. The lowest BCUT2D eigenvalue weighted by Gasteiger charge is -2.72. The van der Waals surface area contributed by atoms with E-state index in [4.69, 9.17) is 9.47 Å². The van der Waals surface area contributed by atoms with E-state index >= 15 is 0 Å². The summed E-state index contributed by atoms with van der Waals surface area (Å²) >= 11 is 0. The number of carbonyl (C=O) groups is 4. The summed E-state index contributed by atoms with van der Waals surface area (Å²) in [6.45, 7) is 19.5. The molecule has 2 N–H and O–H groups in total. The number of carbonyl (C=O) groups excluding carboxylic acids is 3. The summed E-state index contributed by atoms with van der Waals surface area (Å²) in [6.07, 6.45) is 10.2. The van der Waals surface area contributed by atoms with Gasteiger partial charge in [0.25, 0.3) is 0 Å². The Labute approximate surface area is 287 Å². The van der Waals surface area contributed by atoms with Crippen molar-refractivity contribution in [3.05, 3.63) is 11.1 Å². The van der Waals surface area contributed by atoms with Gasteiger partial charge in [0, 0.05) is 11.8 Å². The van der Waals surface area contributed by atoms with Crippen LogP contribution in [-0.4, -0.2) is 46.7 Å². The molecule has 0 aromatic carbocycles. The summed E-state index contributed by atoms with van der Waals surface area (Å²) in [5.74, 6) is -0.0506. The van der Waals surface area contributed by atoms with Gasteiger partial charge in [0.05, 0.1) is 17.4 Å². The van der Waals surface area contributed by atoms with Crippen molar-refractivity contribution in [1.82, 2.24) is 5.32 Å². The lowest BCUT2D eigenvalue weighted by Crippen LogP contribution is -2.67. The highest BCUT2D eigenvalue weighted by Gasteiger charge is 2.70. The van der Waals surface area contributed by atoms with E-state index in [-0.39, 0.29) is 64.0 Å². The van der Waals surface area contributed by atoms with Gasteiger partial charge in [0.15, 0.2) is 5.78 Å². The monoisotopic (exact) mass is 667 g/mol. The van der Waals surface area contributed by atoms with Crippen LogP contribution in [0.5, 0.6) is 0 Å². The molecule has 0 radical (unpaired) electrons. The van der Waals surface area contributed by atoms with Gasteiger partial charge < -0.3 is 19.9 Å². The maximum absolute atomic E-state index is 13.8. The summed E-state index contributed by atoms with van der Waals surface area (Å²) in [6, 6.07) is 0. The van der Waals surface area contributed by atoms with Gasteiger partial charge in [-0.2, -0.15) is 0 Å². The molecule has 8 heteroatoms. The van der Waals surface area contributed by atoms with Crippen LogP contribution >= 0.6 is 0 Å². The Hall–Kier alpha value is -2.38.